The van der Waals surface area contributed by atoms with E-state index in [1.54, 1.807) is 0 Å². The minimum Gasteiger partial charge on any atom is -0.381 e. The molecule has 0 radical (unpaired) electrons. The molecule has 0 bridgehead atoms. The number of hydrogen-bond acceptors (Lipinski definition) is 3. The number of rotatable bonds is 2. The topological polar surface area (TPSA) is 50.4 Å². The Hall–Kier alpha value is -0.610. The normalized spacial score (nSPS) is 26.6. The van der Waals surface area contributed by atoms with Crippen LogP contribution in [0.4, 0.5) is 0 Å². The lowest BCUT2D eigenvalue weighted by molar-refractivity contribution is -0.129. The highest BCUT2D eigenvalue weighted by atomic mass is 16.5. The van der Waals surface area contributed by atoms with Crippen molar-refractivity contribution in [2.24, 2.45) is 5.92 Å². The second kappa shape index (κ2) is 3.87. The summed E-state index contributed by atoms with van der Waals surface area (Å²) in [5.41, 5.74) is -0.0368. The van der Waals surface area contributed by atoms with E-state index in [9.17, 15) is 4.79 Å². The molecule has 0 saturated carbocycles. The van der Waals surface area contributed by atoms with Crippen LogP contribution in [0.2, 0.25) is 0 Å². The molecule has 2 heterocycles. The third-order valence-electron chi connectivity index (χ3n) is 3.17. The first-order valence-electron chi connectivity index (χ1n) is 5.30. The average molecular weight is 198 g/mol. The summed E-state index contributed by atoms with van der Waals surface area (Å²) in [6, 6.07) is 0. The zero-order chi connectivity index (χ0) is 10.0. The van der Waals surface area contributed by atoms with Gasteiger partial charge in [-0.05, 0) is 19.8 Å². The highest BCUT2D eigenvalue weighted by molar-refractivity contribution is 5.80. The van der Waals surface area contributed by atoms with Gasteiger partial charge >= 0.3 is 0 Å². The van der Waals surface area contributed by atoms with E-state index < -0.39 is 0 Å². The van der Waals surface area contributed by atoms with Crippen LogP contribution in [0.1, 0.15) is 19.8 Å². The maximum Gasteiger partial charge on any atom is 0.226 e. The molecule has 0 aromatic carbocycles. The summed E-state index contributed by atoms with van der Waals surface area (Å²) in [5.74, 6) is 0.391. The zero-order valence-corrected chi connectivity index (χ0v) is 8.64. The van der Waals surface area contributed by atoms with Gasteiger partial charge in [0.1, 0.15) is 0 Å². The number of carbonyl (C=O) groups excluding carboxylic acids is 1. The smallest absolute Gasteiger partial charge is 0.226 e. The molecule has 2 rings (SSSR count). The van der Waals surface area contributed by atoms with Crippen molar-refractivity contribution in [1.29, 1.82) is 0 Å². The van der Waals surface area contributed by atoms with E-state index in [1.807, 2.05) is 0 Å². The van der Waals surface area contributed by atoms with E-state index in [1.165, 1.54) is 0 Å². The lowest BCUT2D eigenvalue weighted by Crippen LogP contribution is -2.57. The van der Waals surface area contributed by atoms with Gasteiger partial charge in [0.15, 0.2) is 0 Å². The minimum atomic E-state index is -0.0368. The zero-order valence-electron chi connectivity index (χ0n) is 8.64. The molecule has 0 aliphatic carbocycles. The van der Waals surface area contributed by atoms with Crippen molar-refractivity contribution in [2.45, 2.75) is 25.3 Å². The lowest BCUT2D eigenvalue weighted by Gasteiger charge is -2.37. The van der Waals surface area contributed by atoms with Crippen LogP contribution in [-0.4, -0.2) is 37.7 Å². The summed E-state index contributed by atoms with van der Waals surface area (Å²) in [7, 11) is 0. The van der Waals surface area contributed by atoms with Crippen molar-refractivity contribution >= 4 is 5.91 Å². The van der Waals surface area contributed by atoms with Crippen molar-refractivity contribution in [3.63, 3.8) is 0 Å². The van der Waals surface area contributed by atoms with Crippen molar-refractivity contribution in [3.05, 3.63) is 0 Å². The third kappa shape index (κ3) is 2.07. The summed E-state index contributed by atoms with van der Waals surface area (Å²) >= 11 is 0. The third-order valence-corrected chi connectivity index (χ3v) is 3.17. The van der Waals surface area contributed by atoms with Crippen molar-refractivity contribution in [2.75, 3.05) is 26.3 Å². The van der Waals surface area contributed by atoms with Gasteiger partial charge in [-0.25, -0.2) is 0 Å². The molecular formula is C10H18N2O2. The van der Waals surface area contributed by atoms with Crippen LogP contribution in [0.25, 0.3) is 0 Å². The molecule has 0 spiro atoms. The molecule has 2 fully saturated rings. The number of hydrogen-bond donors (Lipinski definition) is 2. The monoisotopic (exact) mass is 198 g/mol. The molecule has 2 N–H and O–H groups in total. The molecule has 2 aliphatic rings. The van der Waals surface area contributed by atoms with Crippen LogP contribution in [-0.2, 0) is 9.53 Å². The quantitative estimate of drug-likeness (QED) is 0.651. The summed E-state index contributed by atoms with van der Waals surface area (Å²) < 4.78 is 5.28. The Morgan fingerprint density at radius 1 is 1.43 bits per heavy atom. The van der Waals surface area contributed by atoms with E-state index in [2.05, 4.69) is 17.6 Å². The first-order valence-corrected chi connectivity index (χ1v) is 5.30. The second-order valence-corrected chi connectivity index (χ2v) is 4.52. The number of nitrogens with one attached hydrogen (secondary N) is 2. The molecule has 1 amide bonds. The highest BCUT2D eigenvalue weighted by Gasteiger charge is 2.33. The first kappa shape index (κ1) is 9.93. The van der Waals surface area contributed by atoms with Gasteiger partial charge in [-0.3, -0.25) is 4.79 Å². The predicted octanol–water partition coefficient (Wildman–Crippen LogP) is -0.109. The van der Waals surface area contributed by atoms with Crippen LogP contribution < -0.4 is 10.6 Å². The molecular weight excluding hydrogens is 180 g/mol. The van der Waals surface area contributed by atoms with Gasteiger partial charge in [0.25, 0.3) is 0 Å². The van der Waals surface area contributed by atoms with E-state index in [0.717, 1.165) is 39.1 Å². The Morgan fingerprint density at radius 2 is 2.07 bits per heavy atom. The van der Waals surface area contributed by atoms with Gasteiger partial charge in [-0.15, -0.1) is 0 Å². The predicted molar refractivity (Wildman–Crippen MR) is 53.0 cm³/mol. The minimum absolute atomic E-state index is 0.0368. The maximum absolute atomic E-state index is 11.7. The summed E-state index contributed by atoms with van der Waals surface area (Å²) in [6.07, 6.45) is 1.86. The van der Waals surface area contributed by atoms with Gasteiger partial charge in [0.05, 0.1) is 5.92 Å². The molecule has 4 heteroatoms. The van der Waals surface area contributed by atoms with Crippen LogP contribution in [0.5, 0.6) is 0 Å². The first-order chi connectivity index (χ1) is 6.70. The molecule has 80 valence electrons. The van der Waals surface area contributed by atoms with E-state index in [0.29, 0.717) is 0 Å². The molecule has 0 aromatic rings. The number of carbonyl (C=O) groups is 1. The van der Waals surface area contributed by atoms with Crippen LogP contribution in [0.15, 0.2) is 0 Å². The number of amides is 1. The fourth-order valence-corrected chi connectivity index (χ4v) is 1.82. The van der Waals surface area contributed by atoms with Gasteiger partial charge < -0.3 is 15.4 Å². The van der Waals surface area contributed by atoms with Crippen LogP contribution in [0.3, 0.4) is 0 Å². The summed E-state index contributed by atoms with van der Waals surface area (Å²) in [6.45, 7) is 5.30. The van der Waals surface area contributed by atoms with E-state index in [4.69, 9.17) is 4.74 Å². The Bertz CT molecular complexity index is 220. The van der Waals surface area contributed by atoms with Crippen molar-refractivity contribution in [3.8, 4) is 0 Å². The molecule has 0 unspecified atom stereocenters. The largest absolute Gasteiger partial charge is 0.381 e. The molecule has 2 aliphatic heterocycles. The van der Waals surface area contributed by atoms with Crippen molar-refractivity contribution < 1.29 is 9.53 Å². The molecule has 2 saturated heterocycles. The molecule has 14 heavy (non-hydrogen) atoms. The van der Waals surface area contributed by atoms with Crippen LogP contribution >= 0.6 is 0 Å². The maximum atomic E-state index is 11.7. The van der Waals surface area contributed by atoms with Crippen LogP contribution in [0, 0.1) is 5.92 Å². The Kier molecular flexibility index (Phi) is 2.74. The Morgan fingerprint density at radius 3 is 2.57 bits per heavy atom. The van der Waals surface area contributed by atoms with Gasteiger partial charge in [0, 0.05) is 31.8 Å². The Balaban J connectivity index is 1.84. The summed E-state index contributed by atoms with van der Waals surface area (Å²) in [5, 5.41) is 6.24. The fraction of sp³-hybridized carbons (Fsp3) is 0.900. The van der Waals surface area contributed by atoms with Crippen molar-refractivity contribution in [1.82, 2.24) is 10.6 Å². The van der Waals surface area contributed by atoms with Gasteiger partial charge in [-0.2, -0.15) is 0 Å². The molecule has 0 atom stereocenters. The standard InChI is InChI=1S/C10H18N2O2/c1-10(2-4-14-5-3-10)12-9(13)8-6-11-7-8/h8,11H,2-7H2,1H3,(H,12,13). The molecule has 4 nitrogen and oxygen atoms in total. The Labute approximate surface area is 84.4 Å². The fourth-order valence-electron chi connectivity index (χ4n) is 1.82. The van der Waals surface area contributed by atoms with E-state index in [-0.39, 0.29) is 17.4 Å². The SMILES string of the molecule is CC1(NC(=O)C2CNC2)CCOCC1. The van der Waals surface area contributed by atoms with E-state index >= 15 is 0 Å². The van der Waals surface area contributed by atoms with Gasteiger partial charge in [-0.1, -0.05) is 0 Å². The second-order valence-electron chi connectivity index (χ2n) is 4.52. The lowest BCUT2D eigenvalue weighted by atomic mass is 9.91. The van der Waals surface area contributed by atoms with Gasteiger partial charge in [0.2, 0.25) is 5.91 Å². The molecule has 0 aromatic heterocycles. The number of ether oxygens (including phenoxy) is 1. The highest BCUT2D eigenvalue weighted by Crippen LogP contribution is 2.20. The summed E-state index contributed by atoms with van der Waals surface area (Å²) in [4.78, 5) is 11.7. The average Bonchev–Trinajstić information content (AvgIpc) is 2.00.